The average Bonchev–Trinajstić information content (AvgIpc) is 2.39. The normalized spacial score (nSPS) is 22.9. The highest BCUT2D eigenvalue weighted by Crippen LogP contribution is 2.33. The van der Waals surface area contributed by atoms with Crippen molar-refractivity contribution in [2.24, 2.45) is 11.7 Å². The van der Waals surface area contributed by atoms with Crippen LogP contribution < -0.4 is 11.1 Å². The number of halogens is 3. The van der Waals surface area contributed by atoms with Gasteiger partial charge < -0.3 is 11.1 Å². The lowest BCUT2D eigenvalue weighted by Crippen LogP contribution is -2.34. The van der Waals surface area contributed by atoms with E-state index in [9.17, 15) is 18.0 Å². The van der Waals surface area contributed by atoms with Gasteiger partial charge in [-0.15, -0.1) is 0 Å². The summed E-state index contributed by atoms with van der Waals surface area (Å²) < 4.78 is 38.5. The number of benzene rings is 1. The molecule has 1 fully saturated rings. The molecule has 1 amide bonds. The van der Waals surface area contributed by atoms with E-state index in [4.69, 9.17) is 5.73 Å². The smallest absolute Gasteiger partial charge is 0.328 e. The third kappa shape index (κ3) is 3.97. The molecule has 116 valence electrons. The first-order valence-corrected chi connectivity index (χ1v) is 7.01. The lowest BCUT2D eigenvalue weighted by Gasteiger charge is -2.25. The Kier molecular flexibility index (Phi) is 4.56. The monoisotopic (exact) mass is 300 g/mol. The summed E-state index contributed by atoms with van der Waals surface area (Å²) in [5.74, 6) is -0.466. The number of amides is 1. The summed E-state index contributed by atoms with van der Waals surface area (Å²) in [6, 6.07) is 3.84. The molecule has 1 aliphatic carbocycles. The van der Waals surface area contributed by atoms with Crippen LogP contribution in [-0.2, 0) is 11.0 Å². The van der Waals surface area contributed by atoms with Crippen molar-refractivity contribution in [1.29, 1.82) is 0 Å². The molecule has 1 saturated carbocycles. The fourth-order valence-corrected chi connectivity index (χ4v) is 2.72. The Morgan fingerprint density at radius 3 is 2.67 bits per heavy atom. The largest absolute Gasteiger partial charge is 0.416 e. The van der Waals surface area contributed by atoms with E-state index in [0.717, 1.165) is 25.3 Å². The molecular weight excluding hydrogens is 281 g/mol. The summed E-state index contributed by atoms with van der Waals surface area (Å²) in [5, 5.41) is 2.58. The second kappa shape index (κ2) is 6.05. The van der Waals surface area contributed by atoms with Gasteiger partial charge in [-0.25, -0.2) is 0 Å². The van der Waals surface area contributed by atoms with Crippen LogP contribution in [0.5, 0.6) is 0 Å². The average molecular weight is 300 g/mol. The Morgan fingerprint density at radius 1 is 1.33 bits per heavy atom. The fraction of sp³-hybridized carbons (Fsp3) is 0.533. The van der Waals surface area contributed by atoms with Crippen molar-refractivity contribution < 1.29 is 18.0 Å². The molecule has 0 aromatic heterocycles. The molecule has 2 unspecified atom stereocenters. The van der Waals surface area contributed by atoms with Gasteiger partial charge >= 0.3 is 6.18 Å². The fourth-order valence-electron chi connectivity index (χ4n) is 2.72. The number of aryl methyl sites for hydroxylation is 1. The maximum atomic E-state index is 12.8. The Bertz CT molecular complexity index is 528. The van der Waals surface area contributed by atoms with Crippen LogP contribution in [0.1, 0.15) is 36.8 Å². The number of carbonyl (C=O) groups excluding carboxylic acids is 1. The molecule has 1 aromatic carbocycles. The molecule has 0 spiro atoms. The zero-order valence-electron chi connectivity index (χ0n) is 11.8. The van der Waals surface area contributed by atoms with Crippen LogP contribution in [0.4, 0.5) is 18.9 Å². The van der Waals surface area contributed by atoms with Crippen LogP contribution in [0, 0.1) is 12.8 Å². The van der Waals surface area contributed by atoms with E-state index < -0.39 is 11.7 Å². The van der Waals surface area contributed by atoms with Gasteiger partial charge in [0.15, 0.2) is 0 Å². The molecule has 0 aliphatic heterocycles. The second-order valence-corrected chi connectivity index (χ2v) is 5.64. The summed E-state index contributed by atoms with van der Waals surface area (Å²) in [6.07, 6.45) is -1.33. The van der Waals surface area contributed by atoms with Crippen molar-refractivity contribution >= 4 is 11.6 Å². The zero-order chi connectivity index (χ0) is 15.6. The van der Waals surface area contributed by atoms with E-state index >= 15 is 0 Å². The number of hydrogen-bond donors (Lipinski definition) is 2. The first-order valence-electron chi connectivity index (χ1n) is 7.01. The molecule has 0 radical (unpaired) electrons. The van der Waals surface area contributed by atoms with Gasteiger partial charge in [0.1, 0.15) is 0 Å². The van der Waals surface area contributed by atoms with E-state index in [2.05, 4.69) is 5.32 Å². The van der Waals surface area contributed by atoms with Crippen molar-refractivity contribution in [3.05, 3.63) is 29.3 Å². The van der Waals surface area contributed by atoms with Crippen molar-refractivity contribution in [2.75, 3.05) is 5.32 Å². The van der Waals surface area contributed by atoms with E-state index in [1.807, 2.05) is 0 Å². The summed E-state index contributed by atoms with van der Waals surface area (Å²) in [7, 11) is 0. The van der Waals surface area contributed by atoms with Crippen LogP contribution >= 0.6 is 0 Å². The molecule has 3 nitrogen and oxygen atoms in total. The summed E-state index contributed by atoms with van der Waals surface area (Å²) in [5.41, 5.74) is 5.42. The number of carbonyl (C=O) groups is 1. The van der Waals surface area contributed by atoms with E-state index in [1.54, 1.807) is 0 Å². The molecule has 3 N–H and O–H groups in total. The highest BCUT2D eigenvalue weighted by Gasteiger charge is 2.33. The van der Waals surface area contributed by atoms with Gasteiger partial charge in [0.05, 0.1) is 5.56 Å². The molecule has 2 rings (SSSR count). The molecule has 0 bridgehead atoms. The number of rotatable bonds is 2. The third-order valence-electron chi connectivity index (χ3n) is 3.90. The van der Waals surface area contributed by atoms with Crippen molar-refractivity contribution in [3.63, 3.8) is 0 Å². The Labute approximate surface area is 121 Å². The first-order chi connectivity index (χ1) is 9.77. The molecule has 0 saturated heterocycles. The van der Waals surface area contributed by atoms with Crippen LogP contribution in [0.2, 0.25) is 0 Å². The highest BCUT2D eigenvalue weighted by atomic mass is 19.4. The quantitative estimate of drug-likeness (QED) is 0.878. The molecule has 1 aliphatic rings. The standard InChI is InChI=1S/C15H19F3N2O/c1-9-5-6-12(8-13(9)15(16,17)18)20-14(21)10-3-2-4-11(19)7-10/h5-6,8,10-11H,2-4,7,19H2,1H3,(H,20,21). The van der Waals surface area contributed by atoms with Crippen molar-refractivity contribution in [3.8, 4) is 0 Å². The number of nitrogens with two attached hydrogens (primary N) is 1. The number of hydrogen-bond acceptors (Lipinski definition) is 2. The third-order valence-corrected chi connectivity index (χ3v) is 3.90. The van der Waals surface area contributed by atoms with Gasteiger partial charge in [-0.2, -0.15) is 13.2 Å². The van der Waals surface area contributed by atoms with Gasteiger partial charge in [-0.1, -0.05) is 12.5 Å². The SMILES string of the molecule is Cc1ccc(NC(=O)C2CCCC(N)C2)cc1C(F)(F)F. The Morgan fingerprint density at radius 2 is 2.05 bits per heavy atom. The highest BCUT2D eigenvalue weighted by molar-refractivity contribution is 5.92. The minimum atomic E-state index is -4.42. The molecule has 0 heterocycles. The van der Waals surface area contributed by atoms with Gasteiger partial charge in [0, 0.05) is 17.6 Å². The van der Waals surface area contributed by atoms with Gasteiger partial charge in [-0.05, 0) is 43.9 Å². The summed E-state index contributed by atoms with van der Waals surface area (Å²) >= 11 is 0. The Hall–Kier alpha value is -1.56. The van der Waals surface area contributed by atoms with E-state index in [-0.39, 0.29) is 29.1 Å². The van der Waals surface area contributed by atoms with Crippen LogP contribution in [-0.4, -0.2) is 11.9 Å². The molecule has 1 aromatic rings. The van der Waals surface area contributed by atoms with Crippen LogP contribution in [0.3, 0.4) is 0 Å². The molecule has 21 heavy (non-hydrogen) atoms. The first kappa shape index (κ1) is 15.8. The minimum absolute atomic E-state index is 0.00162. The number of anilines is 1. The summed E-state index contributed by atoms with van der Waals surface area (Å²) in [6.45, 7) is 1.40. The zero-order valence-corrected chi connectivity index (χ0v) is 11.8. The van der Waals surface area contributed by atoms with Gasteiger partial charge in [-0.3, -0.25) is 4.79 Å². The van der Waals surface area contributed by atoms with Crippen LogP contribution in [0.15, 0.2) is 18.2 Å². The van der Waals surface area contributed by atoms with E-state index in [0.29, 0.717) is 6.42 Å². The Balaban J connectivity index is 2.11. The lowest BCUT2D eigenvalue weighted by molar-refractivity contribution is -0.138. The summed E-state index contributed by atoms with van der Waals surface area (Å²) in [4.78, 5) is 12.1. The maximum Gasteiger partial charge on any atom is 0.416 e. The van der Waals surface area contributed by atoms with E-state index in [1.165, 1.54) is 19.1 Å². The second-order valence-electron chi connectivity index (χ2n) is 5.64. The maximum absolute atomic E-state index is 12.8. The molecule has 2 atom stereocenters. The van der Waals surface area contributed by atoms with Gasteiger partial charge in [0.2, 0.25) is 5.91 Å². The predicted octanol–water partition coefficient (Wildman–Crippen LogP) is 3.47. The van der Waals surface area contributed by atoms with Crippen molar-refractivity contribution in [2.45, 2.75) is 44.8 Å². The topological polar surface area (TPSA) is 55.1 Å². The lowest BCUT2D eigenvalue weighted by atomic mass is 9.85. The number of nitrogens with one attached hydrogen (secondary N) is 1. The molecular formula is C15H19F3N2O. The minimum Gasteiger partial charge on any atom is -0.328 e. The molecule has 6 heteroatoms. The number of alkyl halides is 3. The predicted molar refractivity (Wildman–Crippen MR) is 74.7 cm³/mol. The van der Waals surface area contributed by atoms with Crippen molar-refractivity contribution in [1.82, 2.24) is 0 Å². The van der Waals surface area contributed by atoms with Crippen LogP contribution in [0.25, 0.3) is 0 Å². The van der Waals surface area contributed by atoms with Gasteiger partial charge in [0.25, 0.3) is 0 Å².